The highest BCUT2D eigenvalue weighted by Gasteiger charge is 2.53. The van der Waals surface area contributed by atoms with E-state index in [1.165, 1.54) is 0 Å². The third-order valence-corrected chi connectivity index (χ3v) is 11.3. The van der Waals surface area contributed by atoms with E-state index in [2.05, 4.69) is 34.4 Å². The number of ether oxygens (including phenoxy) is 1. The number of likely N-dealkylation sites (N-methyl/N-ethyl adjacent to an activating group) is 1. The van der Waals surface area contributed by atoms with Crippen molar-refractivity contribution in [1.29, 1.82) is 0 Å². The lowest BCUT2D eigenvalue weighted by Crippen LogP contribution is -2.53. The highest BCUT2D eigenvalue weighted by molar-refractivity contribution is 6.00. The highest BCUT2D eigenvalue weighted by Crippen LogP contribution is 2.49. The quantitative estimate of drug-likeness (QED) is 0.107. The van der Waals surface area contributed by atoms with Gasteiger partial charge in [-0.2, -0.15) is 5.10 Å². The number of epoxide rings is 1. The minimum absolute atomic E-state index is 0.107. The summed E-state index contributed by atoms with van der Waals surface area (Å²) in [4.78, 5) is 63.1. The average molecular weight is 749 g/mol. The summed E-state index contributed by atoms with van der Waals surface area (Å²) in [6.07, 6.45) is 5.18. The molecule has 0 radical (unpaired) electrons. The fraction of sp³-hybridized carbons (Fsp3) is 0.326. The summed E-state index contributed by atoms with van der Waals surface area (Å²) in [6, 6.07) is 17.2. The third-order valence-electron chi connectivity index (χ3n) is 11.3. The summed E-state index contributed by atoms with van der Waals surface area (Å²) in [6.45, 7) is 5.37. The maximum Gasteiger partial charge on any atom is 0.269 e. The van der Waals surface area contributed by atoms with Crippen LogP contribution in [0.15, 0.2) is 67.0 Å². The standard InChI is InChI=1S/C43H40N8O5/c1-4-31-38-24(2)42(55)49(3)23-36(38)51(48-31)34-13-8-11-26-19-33(46-21-29(26)34)27-14-15-32(45-20-27)40(53)44-18-6-5-9-25-10-7-12-28-30(25)22-50(43-39(28)56-43)35-16-17-37(52)47-41(35)54/h7-8,10-15,19-21,24,35,39,43H,4,6,16-18,22-23H2,1-3H3,(H,44,53)(H,47,52,54). The number of pyridine rings is 2. The summed E-state index contributed by atoms with van der Waals surface area (Å²) in [5.41, 5.74) is 8.68. The molecule has 0 bridgehead atoms. The number of rotatable bonds is 7. The average Bonchev–Trinajstić information content (AvgIpc) is 3.94. The van der Waals surface area contributed by atoms with Crippen molar-refractivity contribution in [2.24, 2.45) is 0 Å². The number of aromatic nitrogens is 4. The van der Waals surface area contributed by atoms with Crippen molar-refractivity contribution in [2.45, 2.75) is 76.9 Å². The molecule has 9 rings (SSSR count). The van der Waals surface area contributed by atoms with E-state index in [9.17, 15) is 19.2 Å². The number of piperidine rings is 1. The Morgan fingerprint density at radius 2 is 1.91 bits per heavy atom. The SMILES string of the molecule is CCc1nn(-c2cccc3cc(-c4ccc(C(=O)NCCC#Cc5cccc6c5CN(C5CCC(=O)NC5=O)C5OC65)nc4)ncc23)c2c1C(C)C(=O)N(C)C2. The Morgan fingerprint density at radius 3 is 2.71 bits per heavy atom. The van der Waals surface area contributed by atoms with Gasteiger partial charge in [0.05, 0.1) is 41.3 Å². The zero-order valence-corrected chi connectivity index (χ0v) is 31.3. The number of nitrogens with zero attached hydrogens (tertiary/aromatic N) is 6. The zero-order valence-electron chi connectivity index (χ0n) is 31.3. The fourth-order valence-electron chi connectivity index (χ4n) is 8.36. The molecule has 2 saturated heterocycles. The van der Waals surface area contributed by atoms with Crippen LogP contribution in [0.5, 0.6) is 0 Å². The third kappa shape index (κ3) is 6.20. The Kier molecular flexibility index (Phi) is 8.95. The van der Waals surface area contributed by atoms with Crippen molar-refractivity contribution >= 4 is 34.4 Å². The molecule has 4 atom stereocenters. The lowest BCUT2D eigenvalue weighted by Gasteiger charge is -2.34. The second kappa shape index (κ2) is 14.1. The molecule has 13 heteroatoms. The number of hydrogen-bond donors (Lipinski definition) is 2. The van der Waals surface area contributed by atoms with Crippen molar-refractivity contribution in [2.75, 3.05) is 13.6 Å². The molecule has 4 aliphatic heterocycles. The highest BCUT2D eigenvalue weighted by atomic mass is 16.6. The molecule has 56 heavy (non-hydrogen) atoms. The van der Waals surface area contributed by atoms with E-state index >= 15 is 0 Å². The first kappa shape index (κ1) is 35.5. The van der Waals surface area contributed by atoms with Crippen LogP contribution in [0, 0.1) is 11.8 Å². The number of nitrogens with one attached hydrogen (secondary N) is 2. The van der Waals surface area contributed by atoms with Crippen molar-refractivity contribution in [1.82, 2.24) is 40.2 Å². The summed E-state index contributed by atoms with van der Waals surface area (Å²) < 4.78 is 7.93. The first-order valence-electron chi connectivity index (χ1n) is 19.0. The number of aryl methyl sites for hydroxylation is 1. The number of benzene rings is 2. The monoisotopic (exact) mass is 748 g/mol. The predicted octanol–water partition coefficient (Wildman–Crippen LogP) is 4.31. The van der Waals surface area contributed by atoms with Crippen molar-refractivity contribution in [3.05, 3.63) is 106 Å². The van der Waals surface area contributed by atoms with E-state index in [1.807, 2.05) is 78.3 Å². The number of imide groups is 1. The van der Waals surface area contributed by atoms with Gasteiger partial charge in [-0.3, -0.25) is 39.4 Å². The summed E-state index contributed by atoms with van der Waals surface area (Å²) in [5, 5.41) is 12.3. The van der Waals surface area contributed by atoms with Crippen LogP contribution in [0.3, 0.4) is 0 Å². The predicted molar refractivity (Wildman–Crippen MR) is 206 cm³/mol. The second-order valence-electron chi connectivity index (χ2n) is 14.8. The van der Waals surface area contributed by atoms with Gasteiger partial charge in [-0.15, -0.1) is 0 Å². The van der Waals surface area contributed by atoms with Gasteiger partial charge in [-0.05, 0) is 66.6 Å². The van der Waals surface area contributed by atoms with Crippen molar-refractivity contribution in [3.63, 3.8) is 0 Å². The van der Waals surface area contributed by atoms with E-state index in [4.69, 9.17) is 14.8 Å². The van der Waals surface area contributed by atoms with Crippen LogP contribution < -0.4 is 10.6 Å². The molecule has 0 aliphatic carbocycles. The zero-order chi connectivity index (χ0) is 38.7. The van der Waals surface area contributed by atoms with Gasteiger partial charge >= 0.3 is 0 Å². The molecule has 4 unspecified atom stereocenters. The molecule has 5 aromatic rings. The first-order valence-corrected chi connectivity index (χ1v) is 19.0. The number of carbonyl (C=O) groups excluding carboxylic acids is 4. The van der Waals surface area contributed by atoms with Gasteiger partial charge in [-0.25, -0.2) is 4.68 Å². The molecule has 3 aromatic heterocycles. The Morgan fingerprint density at radius 1 is 1.05 bits per heavy atom. The van der Waals surface area contributed by atoms with Gasteiger partial charge in [0.15, 0.2) is 0 Å². The molecule has 13 nitrogen and oxygen atoms in total. The van der Waals surface area contributed by atoms with Crippen molar-refractivity contribution < 1.29 is 23.9 Å². The Bertz CT molecular complexity index is 2520. The van der Waals surface area contributed by atoms with E-state index in [-0.39, 0.29) is 41.9 Å². The van der Waals surface area contributed by atoms with Crippen molar-refractivity contribution in [3.8, 4) is 28.8 Å². The molecule has 2 fully saturated rings. The summed E-state index contributed by atoms with van der Waals surface area (Å²) >= 11 is 0. The van der Waals surface area contributed by atoms with E-state index < -0.39 is 6.04 Å². The largest absolute Gasteiger partial charge is 0.350 e. The van der Waals surface area contributed by atoms with E-state index in [1.54, 1.807) is 17.2 Å². The van der Waals surface area contributed by atoms with Gasteiger partial charge in [-0.1, -0.05) is 43.0 Å². The molecule has 0 spiro atoms. The lowest BCUT2D eigenvalue weighted by atomic mass is 9.92. The molecule has 2 N–H and O–H groups in total. The smallest absolute Gasteiger partial charge is 0.269 e. The normalized spacial score (nSPS) is 21.4. The molecule has 0 saturated carbocycles. The maximum absolute atomic E-state index is 13.0. The molecule has 2 aromatic carbocycles. The minimum Gasteiger partial charge on any atom is -0.350 e. The van der Waals surface area contributed by atoms with Gasteiger partial charge in [0.2, 0.25) is 17.7 Å². The number of amides is 4. The topological polar surface area (TPSA) is 155 Å². The van der Waals surface area contributed by atoms with E-state index in [0.29, 0.717) is 44.6 Å². The molecule has 4 aliphatic rings. The second-order valence-corrected chi connectivity index (χ2v) is 14.8. The fourth-order valence-corrected chi connectivity index (χ4v) is 8.36. The molecular formula is C43H40N8O5. The number of carbonyl (C=O) groups is 4. The lowest BCUT2D eigenvalue weighted by molar-refractivity contribution is -0.138. The van der Waals surface area contributed by atoms with Crippen LogP contribution in [0.2, 0.25) is 0 Å². The van der Waals surface area contributed by atoms with Crippen LogP contribution in [-0.4, -0.2) is 79.0 Å². The number of hydrogen-bond acceptors (Lipinski definition) is 9. The molecule has 7 heterocycles. The summed E-state index contributed by atoms with van der Waals surface area (Å²) in [5.74, 6) is 5.50. The Labute approximate surface area is 323 Å². The minimum atomic E-state index is -0.415. The van der Waals surface area contributed by atoms with Crippen LogP contribution in [0.25, 0.3) is 27.7 Å². The molecular weight excluding hydrogens is 709 g/mol. The van der Waals surface area contributed by atoms with Crippen LogP contribution in [0.4, 0.5) is 0 Å². The molecule has 282 valence electrons. The van der Waals surface area contributed by atoms with Crippen LogP contribution in [0.1, 0.15) is 89.3 Å². The summed E-state index contributed by atoms with van der Waals surface area (Å²) in [7, 11) is 1.83. The van der Waals surface area contributed by atoms with E-state index in [0.717, 1.165) is 67.8 Å². The first-order chi connectivity index (χ1) is 27.2. The van der Waals surface area contributed by atoms with Crippen LogP contribution in [-0.2, 0) is 38.6 Å². The molecule has 4 amide bonds. The van der Waals surface area contributed by atoms with Gasteiger partial charge in [0, 0.05) is 67.4 Å². The van der Waals surface area contributed by atoms with Gasteiger partial charge in [0.1, 0.15) is 18.0 Å². The maximum atomic E-state index is 13.0. The van der Waals surface area contributed by atoms with Crippen LogP contribution >= 0.6 is 0 Å². The van der Waals surface area contributed by atoms with Gasteiger partial charge < -0.3 is 15.0 Å². The van der Waals surface area contributed by atoms with Gasteiger partial charge in [0.25, 0.3) is 5.91 Å². The Balaban J connectivity index is 0.850. The number of fused-ring (bicyclic) bond motifs is 5. The Hall–Kier alpha value is -6.23.